The van der Waals surface area contributed by atoms with E-state index in [1.165, 1.54) is 18.7 Å². The first-order valence-corrected chi connectivity index (χ1v) is 3.70. The van der Waals surface area contributed by atoms with Crippen LogP contribution >= 0.6 is 0 Å². The van der Waals surface area contributed by atoms with Gasteiger partial charge in [-0.15, -0.1) is 0 Å². The fourth-order valence-electron chi connectivity index (χ4n) is 0.808. The molecule has 0 aliphatic carbocycles. The van der Waals surface area contributed by atoms with Gasteiger partial charge in [0.1, 0.15) is 6.33 Å². The van der Waals surface area contributed by atoms with Crippen molar-refractivity contribution in [2.75, 3.05) is 0 Å². The minimum atomic E-state index is -0.981. The van der Waals surface area contributed by atoms with Crippen LogP contribution in [-0.2, 0) is 4.79 Å². The number of hydrogen-bond donors (Lipinski definition) is 1. The predicted octanol–water partition coefficient (Wildman–Crippen LogP) is 0.524. The molecule has 0 saturated heterocycles. The highest BCUT2D eigenvalue weighted by atomic mass is 16.4. The van der Waals surface area contributed by atoms with Crippen molar-refractivity contribution in [2.45, 2.75) is 12.8 Å². The Bertz CT molecular complexity index is 310. The van der Waals surface area contributed by atoms with Crippen molar-refractivity contribution >= 4 is 11.8 Å². The summed E-state index contributed by atoms with van der Waals surface area (Å²) in [6.45, 7) is 0. The highest BCUT2D eigenvalue weighted by molar-refractivity contribution is 5.96. The molecule has 1 heterocycles. The summed E-state index contributed by atoms with van der Waals surface area (Å²) in [6.07, 6.45) is 3.89. The zero-order valence-corrected chi connectivity index (χ0v) is 6.80. The third kappa shape index (κ3) is 2.98. The summed E-state index contributed by atoms with van der Waals surface area (Å²) < 4.78 is 0. The van der Waals surface area contributed by atoms with Gasteiger partial charge in [0, 0.05) is 18.8 Å². The van der Waals surface area contributed by atoms with E-state index in [1.807, 2.05) is 0 Å². The van der Waals surface area contributed by atoms with Crippen LogP contribution in [0.4, 0.5) is 0 Å². The Morgan fingerprint density at radius 1 is 1.23 bits per heavy atom. The fraction of sp³-hybridized carbons (Fsp3) is 0.250. The average molecular weight is 180 g/mol. The maximum atomic E-state index is 11.2. The van der Waals surface area contributed by atoms with Crippen LogP contribution in [-0.4, -0.2) is 26.8 Å². The molecular weight excluding hydrogens is 172 g/mol. The van der Waals surface area contributed by atoms with E-state index in [9.17, 15) is 9.59 Å². The number of carbonyl (C=O) groups is 2. The summed E-state index contributed by atoms with van der Waals surface area (Å²) in [6, 6.07) is 0. The lowest BCUT2D eigenvalue weighted by Crippen LogP contribution is -2.04. The van der Waals surface area contributed by atoms with Gasteiger partial charge in [-0.2, -0.15) is 0 Å². The molecule has 1 rings (SSSR count). The van der Waals surface area contributed by atoms with Crippen LogP contribution in [0.15, 0.2) is 18.7 Å². The van der Waals surface area contributed by atoms with Gasteiger partial charge in [0.05, 0.1) is 12.0 Å². The van der Waals surface area contributed by atoms with Gasteiger partial charge in [0.25, 0.3) is 0 Å². The molecule has 0 radical (unpaired) electrons. The molecule has 0 aromatic carbocycles. The third-order valence-corrected chi connectivity index (χ3v) is 1.45. The number of carboxylic acids is 1. The van der Waals surface area contributed by atoms with Crippen LogP contribution < -0.4 is 0 Å². The zero-order valence-electron chi connectivity index (χ0n) is 6.80. The second kappa shape index (κ2) is 4.30. The summed E-state index contributed by atoms with van der Waals surface area (Å²) in [5.41, 5.74) is 0.351. The molecule has 0 aliphatic heterocycles. The lowest BCUT2D eigenvalue weighted by molar-refractivity contribution is -0.136. The molecule has 0 aliphatic rings. The third-order valence-electron chi connectivity index (χ3n) is 1.45. The highest BCUT2D eigenvalue weighted by Crippen LogP contribution is 2.01. The number of carbonyl (C=O) groups excluding carboxylic acids is 1. The first kappa shape index (κ1) is 9.31. The Kier molecular flexibility index (Phi) is 3.08. The van der Waals surface area contributed by atoms with Crippen molar-refractivity contribution in [3.63, 3.8) is 0 Å². The Balaban J connectivity index is 2.54. The maximum Gasteiger partial charge on any atom is 0.303 e. The van der Waals surface area contributed by atoms with E-state index in [0.29, 0.717) is 5.56 Å². The maximum absolute atomic E-state index is 11.2. The van der Waals surface area contributed by atoms with Crippen LogP contribution in [0.3, 0.4) is 0 Å². The van der Waals surface area contributed by atoms with E-state index in [4.69, 9.17) is 5.11 Å². The van der Waals surface area contributed by atoms with Gasteiger partial charge >= 0.3 is 5.97 Å². The van der Waals surface area contributed by atoms with Gasteiger partial charge in [-0.3, -0.25) is 9.59 Å². The van der Waals surface area contributed by atoms with Gasteiger partial charge in [-0.05, 0) is 0 Å². The summed E-state index contributed by atoms with van der Waals surface area (Å²) in [5.74, 6) is -1.23. The van der Waals surface area contributed by atoms with E-state index in [0.717, 1.165) is 0 Å². The first-order valence-electron chi connectivity index (χ1n) is 3.70. The molecule has 5 heteroatoms. The van der Waals surface area contributed by atoms with E-state index in [1.54, 1.807) is 0 Å². The topological polar surface area (TPSA) is 80.1 Å². The molecule has 0 saturated carbocycles. The Hall–Kier alpha value is -1.78. The molecule has 1 N–H and O–H groups in total. The van der Waals surface area contributed by atoms with E-state index >= 15 is 0 Å². The lowest BCUT2D eigenvalue weighted by atomic mass is 10.1. The number of nitrogens with zero attached hydrogens (tertiary/aromatic N) is 2. The Morgan fingerprint density at radius 3 is 2.38 bits per heavy atom. The number of rotatable bonds is 4. The molecule has 0 amide bonds. The zero-order chi connectivity index (χ0) is 9.68. The largest absolute Gasteiger partial charge is 0.481 e. The van der Waals surface area contributed by atoms with Gasteiger partial charge in [-0.1, -0.05) is 0 Å². The van der Waals surface area contributed by atoms with Crippen LogP contribution in [0.5, 0.6) is 0 Å². The highest BCUT2D eigenvalue weighted by Gasteiger charge is 2.07. The van der Waals surface area contributed by atoms with E-state index in [2.05, 4.69) is 9.97 Å². The van der Waals surface area contributed by atoms with Crippen molar-refractivity contribution in [1.29, 1.82) is 0 Å². The predicted molar refractivity (Wildman–Crippen MR) is 43.2 cm³/mol. The van der Waals surface area contributed by atoms with Crippen molar-refractivity contribution in [3.05, 3.63) is 24.3 Å². The molecule has 1 aromatic rings. The van der Waals surface area contributed by atoms with Crippen molar-refractivity contribution < 1.29 is 14.7 Å². The average Bonchev–Trinajstić information content (AvgIpc) is 2.15. The molecule has 0 atom stereocenters. The number of hydrogen-bond acceptors (Lipinski definition) is 4. The minimum absolute atomic E-state index is 0.0112. The molecule has 1 aromatic heterocycles. The molecule has 0 bridgehead atoms. The monoisotopic (exact) mass is 180 g/mol. The summed E-state index contributed by atoms with van der Waals surface area (Å²) >= 11 is 0. The van der Waals surface area contributed by atoms with Crippen LogP contribution in [0.25, 0.3) is 0 Å². The number of aliphatic carboxylic acids is 1. The normalized spacial score (nSPS) is 9.54. The lowest BCUT2D eigenvalue weighted by Gasteiger charge is -1.95. The second-order valence-electron chi connectivity index (χ2n) is 2.44. The van der Waals surface area contributed by atoms with Gasteiger partial charge in [0.15, 0.2) is 5.78 Å². The Labute approximate surface area is 74.4 Å². The van der Waals surface area contributed by atoms with Crippen LogP contribution in [0.2, 0.25) is 0 Å². The quantitative estimate of drug-likeness (QED) is 0.683. The molecule has 5 nitrogen and oxygen atoms in total. The first-order chi connectivity index (χ1) is 6.20. The molecule has 0 fully saturated rings. The van der Waals surface area contributed by atoms with Gasteiger partial charge in [0.2, 0.25) is 0 Å². The van der Waals surface area contributed by atoms with Gasteiger partial charge < -0.3 is 5.11 Å². The van der Waals surface area contributed by atoms with Gasteiger partial charge in [-0.25, -0.2) is 9.97 Å². The minimum Gasteiger partial charge on any atom is -0.481 e. The summed E-state index contributed by atoms with van der Waals surface area (Å²) in [4.78, 5) is 28.7. The summed E-state index contributed by atoms with van der Waals surface area (Å²) in [5, 5.41) is 8.33. The molecular formula is C8H8N2O3. The van der Waals surface area contributed by atoms with Crippen LogP contribution in [0, 0.1) is 0 Å². The van der Waals surface area contributed by atoms with Crippen molar-refractivity contribution in [2.24, 2.45) is 0 Å². The van der Waals surface area contributed by atoms with Crippen LogP contribution in [0.1, 0.15) is 23.2 Å². The summed E-state index contributed by atoms with van der Waals surface area (Å²) in [7, 11) is 0. The number of carboxylic acid groups (broad SMARTS) is 1. The number of Topliss-reactive ketones (excluding diaryl/α,β-unsaturated/α-hetero) is 1. The smallest absolute Gasteiger partial charge is 0.303 e. The number of aromatic nitrogens is 2. The van der Waals surface area contributed by atoms with E-state index < -0.39 is 5.97 Å². The van der Waals surface area contributed by atoms with Crippen molar-refractivity contribution in [3.8, 4) is 0 Å². The fourth-order valence-corrected chi connectivity index (χ4v) is 0.808. The molecule has 0 unspecified atom stereocenters. The molecule has 68 valence electrons. The van der Waals surface area contributed by atoms with E-state index in [-0.39, 0.29) is 18.6 Å². The molecule has 13 heavy (non-hydrogen) atoms. The Morgan fingerprint density at radius 2 is 1.85 bits per heavy atom. The number of ketones is 1. The second-order valence-corrected chi connectivity index (χ2v) is 2.44. The standard InChI is InChI=1S/C8H8N2O3/c11-7(1-2-8(12)13)6-3-9-5-10-4-6/h3-5H,1-2H2,(H,12,13). The molecule has 0 spiro atoms. The SMILES string of the molecule is O=C(O)CCC(=O)c1cncnc1. The van der Waals surface area contributed by atoms with Crippen molar-refractivity contribution in [1.82, 2.24) is 9.97 Å².